The van der Waals surface area contributed by atoms with Gasteiger partial charge in [-0.15, -0.1) is 34.0 Å². The fraction of sp³-hybridized carbons (Fsp3) is 0.200. The van der Waals surface area contributed by atoms with Crippen molar-refractivity contribution in [2.75, 3.05) is 0 Å². The number of thiazole rings is 3. The van der Waals surface area contributed by atoms with Gasteiger partial charge in [0.1, 0.15) is 28.1 Å². The minimum Gasteiger partial charge on any atom is -0.299 e. The summed E-state index contributed by atoms with van der Waals surface area (Å²) in [5, 5.41) is 3.46. The van der Waals surface area contributed by atoms with E-state index in [1.165, 1.54) is 28.7 Å². The van der Waals surface area contributed by atoms with E-state index in [-0.39, 0.29) is 24.2 Å². The molecule has 9 heteroatoms. The van der Waals surface area contributed by atoms with Crippen LogP contribution in [-0.2, 0) is 17.6 Å². The van der Waals surface area contributed by atoms with Gasteiger partial charge in [-0.3, -0.25) is 4.79 Å². The highest BCUT2D eigenvalue weighted by molar-refractivity contribution is 7.18. The molecule has 0 aliphatic heterocycles. The molecule has 1 aromatic carbocycles. The molecule has 29 heavy (non-hydrogen) atoms. The van der Waals surface area contributed by atoms with Crippen LogP contribution in [0.2, 0.25) is 0 Å². The van der Waals surface area contributed by atoms with Crippen LogP contribution in [-0.4, -0.2) is 20.7 Å². The molecule has 3 heterocycles. The minimum atomic E-state index is -0.711. The summed E-state index contributed by atoms with van der Waals surface area (Å²) < 4.78 is 27.7. The average molecular weight is 448 g/mol. The number of ketones is 1. The van der Waals surface area contributed by atoms with E-state index in [9.17, 15) is 13.6 Å². The normalized spacial score (nSPS) is 11.2. The number of benzene rings is 1. The number of aryl methyl sites for hydroxylation is 2. The molecule has 0 bridgehead atoms. The van der Waals surface area contributed by atoms with Crippen molar-refractivity contribution in [1.29, 1.82) is 0 Å². The van der Waals surface area contributed by atoms with Crippen LogP contribution in [0.3, 0.4) is 0 Å². The lowest BCUT2D eigenvalue weighted by molar-refractivity contribution is -0.117. The third-order valence-electron chi connectivity index (χ3n) is 4.24. The van der Waals surface area contributed by atoms with Crippen molar-refractivity contribution in [1.82, 2.24) is 15.0 Å². The zero-order chi connectivity index (χ0) is 20.5. The molecule has 4 rings (SSSR count). The van der Waals surface area contributed by atoms with Gasteiger partial charge in [-0.1, -0.05) is 6.07 Å². The summed E-state index contributed by atoms with van der Waals surface area (Å²) in [4.78, 5) is 27.9. The maximum Gasteiger partial charge on any atom is 0.144 e. The van der Waals surface area contributed by atoms with Gasteiger partial charge >= 0.3 is 0 Å². The summed E-state index contributed by atoms with van der Waals surface area (Å²) in [5.41, 5.74) is 3.97. The number of halogens is 2. The van der Waals surface area contributed by atoms with Crippen LogP contribution < -0.4 is 0 Å². The second kappa shape index (κ2) is 8.17. The third-order valence-corrected chi connectivity index (χ3v) is 6.98. The number of rotatable bonds is 6. The van der Waals surface area contributed by atoms with Crippen LogP contribution in [0.15, 0.2) is 29.1 Å². The molecule has 0 unspecified atom stereocenters. The highest BCUT2D eigenvalue weighted by atomic mass is 32.1. The lowest BCUT2D eigenvalue weighted by Crippen LogP contribution is -2.09. The van der Waals surface area contributed by atoms with Gasteiger partial charge in [0, 0.05) is 17.4 Å². The first-order valence-electron chi connectivity index (χ1n) is 8.69. The van der Waals surface area contributed by atoms with E-state index in [0.717, 1.165) is 44.0 Å². The molecule has 0 saturated carbocycles. The molecule has 148 valence electrons. The summed E-state index contributed by atoms with van der Waals surface area (Å²) in [7, 11) is 0. The monoisotopic (exact) mass is 447 g/mol. The molecule has 0 N–H and O–H groups in total. The van der Waals surface area contributed by atoms with Gasteiger partial charge < -0.3 is 0 Å². The zero-order valence-electron chi connectivity index (χ0n) is 15.5. The van der Waals surface area contributed by atoms with Gasteiger partial charge in [0.2, 0.25) is 0 Å². The van der Waals surface area contributed by atoms with E-state index in [0.29, 0.717) is 5.01 Å². The van der Waals surface area contributed by atoms with Crippen molar-refractivity contribution in [3.8, 4) is 21.1 Å². The van der Waals surface area contributed by atoms with Gasteiger partial charge in [-0.25, -0.2) is 23.7 Å². The Morgan fingerprint density at radius 1 is 1.03 bits per heavy atom. The SMILES string of the molecule is Cc1nc(C)c(-c2nc(CC(=O)Cc3c(F)cccc3F)sc2-c2cscn2)s1. The zero-order valence-corrected chi connectivity index (χ0v) is 18.0. The molecule has 0 spiro atoms. The predicted molar refractivity (Wildman–Crippen MR) is 113 cm³/mol. The number of hydrogen-bond donors (Lipinski definition) is 0. The van der Waals surface area contributed by atoms with E-state index in [4.69, 9.17) is 0 Å². The number of carbonyl (C=O) groups is 1. The molecular formula is C20H15F2N3OS3. The minimum absolute atomic E-state index is 0.00636. The second-order valence-electron chi connectivity index (χ2n) is 6.40. The van der Waals surface area contributed by atoms with E-state index in [2.05, 4.69) is 15.0 Å². The average Bonchev–Trinajstić information content (AvgIpc) is 3.38. The van der Waals surface area contributed by atoms with Crippen molar-refractivity contribution in [2.45, 2.75) is 26.7 Å². The quantitative estimate of drug-likeness (QED) is 0.384. The second-order valence-corrected chi connectivity index (χ2v) is 9.40. The summed E-state index contributed by atoms with van der Waals surface area (Å²) in [5.74, 6) is -1.72. The highest BCUT2D eigenvalue weighted by Crippen LogP contribution is 2.40. The summed E-state index contributed by atoms with van der Waals surface area (Å²) >= 11 is 4.40. The van der Waals surface area contributed by atoms with Crippen LogP contribution in [0.25, 0.3) is 21.1 Å². The topological polar surface area (TPSA) is 55.7 Å². The van der Waals surface area contributed by atoms with Crippen molar-refractivity contribution in [2.24, 2.45) is 0 Å². The Hall–Kier alpha value is -2.36. The van der Waals surface area contributed by atoms with Gasteiger partial charge in [-0.2, -0.15) is 0 Å². The molecule has 4 aromatic rings. The Bertz CT molecular complexity index is 1160. The number of carbonyl (C=O) groups excluding carboxylic acids is 1. The van der Waals surface area contributed by atoms with E-state index in [1.54, 1.807) is 16.8 Å². The van der Waals surface area contributed by atoms with Crippen LogP contribution in [0.4, 0.5) is 8.78 Å². The van der Waals surface area contributed by atoms with Crippen LogP contribution in [0.1, 0.15) is 21.3 Å². The first-order chi connectivity index (χ1) is 13.9. The van der Waals surface area contributed by atoms with E-state index < -0.39 is 11.6 Å². The Kier molecular flexibility index (Phi) is 5.62. The fourth-order valence-corrected chi connectivity index (χ4v) is 5.64. The number of aromatic nitrogens is 3. The van der Waals surface area contributed by atoms with Crippen LogP contribution in [0.5, 0.6) is 0 Å². The molecule has 4 nitrogen and oxygen atoms in total. The molecule has 0 radical (unpaired) electrons. The molecule has 0 fully saturated rings. The first-order valence-corrected chi connectivity index (χ1v) is 11.3. The van der Waals surface area contributed by atoms with Gasteiger partial charge in [-0.05, 0) is 26.0 Å². The molecule has 0 aliphatic carbocycles. The Morgan fingerprint density at radius 3 is 2.41 bits per heavy atom. The first kappa shape index (κ1) is 19.9. The van der Waals surface area contributed by atoms with E-state index in [1.807, 2.05) is 19.2 Å². The molecule has 0 saturated heterocycles. The van der Waals surface area contributed by atoms with Gasteiger partial charge in [0.15, 0.2) is 0 Å². The molecular weight excluding hydrogens is 432 g/mol. The van der Waals surface area contributed by atoms with Gasteiger partial charge in [0.05, 0.1) is 38.1 Å². The third kappa shape index (κ3) is 4.17. The molecule has 3 aromatic heterocycles. The Balaban J connectivity index is 1.66. The summed E-state index contributed by atoms with van der Waals surface area (Å²) in [6.45, 7) is 3.86. The van der Waals surface area contributed by atoms with Crippen molar-refractivity contribution in [3.63, 3.8) is 0 Å². The van der Waals surface area contributed by atoms with Crippen molar-refractivity contribution in [3.05, 3.63) is 62.0 Å². The van der Waals surface area contributed by atoms with E-state index >= 15 is 0 Å². The standard InChI is InChI=1S/C20H15F2N3OS3/c1-10-19(28-11(2)24-10)18-20(16-8-27-9-23-16)29-17(25-18)7-12(26)6-13-14(21)4-3-5-15(13)22/h3-5,8-9H,6-7H2,1-2H3. The molecule has 0 amide bonds. The largest absolute Gasteiger partial charge is 0.299 e. The molecule has 0 aliphatic rings. The maximum atomic E-state index is 13.9. The smallest absolute Gasteiger partial charge is 0.144 e. The fourth-order valence-electron chi connectivity index (χ4n) is 2.97. The number of hydrogen-bond acceptors (Lipinski definition) is 7. The van der Waals surface area contributed by atoms with Crippen LogP contribution in [0, 0.1) is 25.5 Å². The highest BCUT2D eigenvalue weighted by Gasteiger charge is 2.22. The summed E-state index contributed by atoms with van der Waals surface area (Å²) in [6.07, 6.45) is -0.301. The number of nitrogens with zero attached hydrogens (tertiary/aromatic N) is 3. The summed E-state index contributed by atoms with van der Waals surface area (Å²) in [6, 6.07) is 3.59. The van der Waals surface area contributed by atoms with Crippen molar-refractivity contribution < 1.29 is 13.6 Å². The number of Topliss-reactive ketones (excluding diaryl/α,β-unsaturated/α-hetero) is 1. The lowest BCUT2D eigenvalue weighted by atomic mass is 10.1. The molecule has 0 atom stereocenters. The van der Waals surface area contributed by atoms with Crippen LogP contribution >= 0.6 is 34.0 Å². The maximum absolute atomic E-state index is 13.9. The predicted octanol–water partition coefficient (Wildman–Crippen LogP) is 5.64. The lowest BCUT2D eigenvalue weighted by Gasteiger charge is -2.03. The van der Waals surface area contributed by atoms with Crippen molar-refractivity contribution >= 4 is 39.8 Å². The Labute approximate surface area is 178 Å². The van der Waals surface area contributed by atoms with Gasteiger partial charge in [0.25, 0.3) is 0 Å². The Morgan fingerprint density at radius 2 is 1.79 bits per heavy atom.